The zero-order chi connectivity index (χ0) is 17.1. The Kier molecular flexibility index (Phi) is 4.50. The van der Waals surface area contributed by atoms with Crippen LogP contribution in [0.1, 0.15) is 16.8 Å². The average Bonchev–Trinajstić information content (AvgIpc) is 3.04. The van der Waals surface area contributed by atoms with Crippen molar-refractivity contribution >= 4 is 11.6 Å². The highest BCUT2D eigenvalue weighted by molar-refractivity contribution is 5.96. The molecular formula is C17H20N4O3. The molecule has 1 aliphatic heterocycles. The molecule has 1 aliphatic rings. The molecule has 0 unspecified atom stereocenters. The molecule has 0 bridgehead atoms. The Morgan fingerprint density at radius 3 is 2.96 bits per heavy atom. The number of aryl methyl sites for hydroxylation is 1. The second-order valence-electron chi connectivity index (χ2n) is 6.00. The van der Waals surface area contributed by atoms with Gasteiger partial charge < -0.3 is 15.3 Å². The summed E-state index contributed by atoms with van der Waals surface area (Å²) in [6, 6.07) is 8.07. The molecule has 1 aromatic heterocycles. The van der Waals surface area contributed by atoms with Gasteiger partial charge in [0.1, 0.15) is 5.75 Å². The smallest absolute Gasteiger partial charge is 0.268 e. The fourth-order valence-corrected chi connectivity index (χ4v) is 2.86. The summed E-state index contributed by atoms with van der Waals surface area (Å²) in [5.41, 5.74) is 0.958. The Morgan fingerprint density at radius 2 is 2.21 bits per heavy atom. The van der Waals surface area contributed by atoms with E-state index < -0.39 is 0 Å². The molecule has 0 spiro atoms. The third kappa shape index (κ3) is 3.40. The number of hydrogen-bond acceptors (Lipinski definition) is 5. The maximum atomic E-state index is 12.1. The molecule has 1 aromatic carbocycles. The number of aromatic hydroxyl groups is 1. The number of amides is 1. The fourth-order valence-electron chi connectivity index (χ4n) is 2.86. The molecule has 1 fully saturated rings. The van der Waals surface area contributed by atoms with Gasteiger partial charge in [0, 0.05) is 32.7 Å². The molecule has 0 aliphatic carbocycles. The third-order valence-corrected chi connectivity index (χ3v) is 4.30. The van der Waals surface area contributed by atoms with Gasteiger partial charge in [-0.1, -0.05) is 12.1 Å². The average molecular weight is 328 g/mol. The van der Waals surface area contributed by atoms with Crippen LogP contribution in [-0.4, -0.2) is 40.4 Å². The van der Waals surface area contributed by atoms with Gasteiger partial charge in [0.2, 0.25) is 0 Å². The number of nitrogens with one attached hydrogen (secondary N) is 1. The van der Waals surface area contributed by atoms with Crippen LogP contribution in [-0.2, 0) is 7.05 Å². The van der Waals surface area contributed by atoms with Crippen LogP contribution >= 0.6 is 0 Å². The maximum absolute atomic E-state index is 12.1. The van der Waals surface area contributed by atoms with E-state index in [0.29, 0.717) is 12.5 Å². The zero-order valence-corrected chi connectivity index (χ0v) is 13.5. The van der Waals surface area contributed by atoms with E-state index in [-0.39, 0.29) is 22.8 Å². The Labute approximate surface area is 139 Å². The van der Waals surface area contributed by atoms with Gasteiger partial charge in [0.25, 0.3) is 11.5 Å². The van der Waals surface area contributed by atoms with Gasteiger partial charge in [-0.2, -0.15) is 5.10 Å². The lowest BCUT2D eigenvalue weighted by Crippen LogP contribution is -2.31. The van der Waals surface area contributed by atoms with Crippen molar-refractivity contribution in [2.24, 2.45) is 13.0 Å². The van der Waals surface area contributed by atoms with Gasteiger partial charge in [-0.05, 0) is 24.5 Å². The number of phenols is 1. The summed E-state index contributed by atoms with van der Waals surface area (Å²) in [4.78, 5) is 25.9. The predicted octanol–water partition coefficient (Wildman–Crippen LogP) is 0.742. The first kappa shape index (κ1) is 16.0. The van der Waals surface area contributed by atoms with Crippen LogP contribution in [0.2, 0.25) is 0 Å². The summed E-state index contributed by atoms with van der Waals surface area (Å²) in [6.07, 6.45) is 2.61. The first-order valence-electron chi connectivity index (χ1n) is 7.89. The molecule has 0 saturated carbocycles. The van der Waals surface area contributed by atoms with E-state index in [1.807, 2.05) is 0 Å². The highest BCUT2D eigenvalue weighted by atomic mass is 16.3. The molecule has 1 saturated heterocycles. The van der Waals surface area contributed by atoms with Crippen molar-refractivity contribution in [1.82, 2.24) is 15.1 Å². The maximum Gasteiger partial charge on any atom is 0.268 e. The summed E-state index contributed by atoms with van der Waals surface area (Å²) < 4.78 is 1.30. The quantitative estimate of drug-likeness (QED) is 0.864. The number of anilines is 1. The molecular weight excluding hydrogens is 308 g/mol. The van der Waals surface area contributed by atoms with E-state index in [1.54, 1.807) is 37.5 Å². The SMILES string of the molecule is Cn1ncc(N2CC[C@@H](CNC(=O)c3ccccc3O)C2)cc1=O. The van der Waals surface area contributed by atoms with Crippen molar-refractivity contribution in [3.8, 4) is 5.75 Å². The number of para-hydroxylation sites is 1. The van der Waals surface area contributed by atoms with Crippen LogP contribution in [0.5, 0.6) is 5.75 Å². The van der Waals surface area contributed by atoms with Crippen LogP contribution in [0.25, 0.3) is 0 Å². The summed E-state index contributed by atoms with van der Waals surface area (Å²) in [5.74, 6) is -0.0000799. The number of carbonyl (C=O) groups is 1. The second kappa shape index (κ2) is 6.74. The zero-order valence-electron chi connectivity index (χ0n) is 13.5. The molecule has 24 heavy (non-hydrogen) atoms. The summed E-state index contributed by atoms with van der Waals surface area (Å²) >= 11 is 0. The van der Waals surface area contributed by atoms with E-state index in [0.717, 1.165) is 25.2 Å². The van der Waals surface area contributed by atoms with Crippen LogP contribution < -0.4 is 15.8 Å². The van der Waals surface area contributed by atoms with Gasteiger partial charge >= 0.3 is 0 Å². The van der Waals surface area contributed by atoms with Crippen molar-refractivity contribution < 1.29 is 9.90 Å². The lowest BCUT2D eigenvalue weighted by atomic mass is 10.1. The van der Waals surface area contributed by atoms with E-state index in [9.17, 15) is 14.7 Å². The summed E-state index contributed by atoms with van der Waals surface area (Å²) in [7, 11) is 1.62. The molecule has 0 radical (unpaired) electrons. The number of aromatic nitrogens is 2. The second-order valence-corrected chi connectivity index (χ2v) is 6.00. The lowest BCUT2D eigenvalue weighted by molar-refractivity contribution is 0.0945. The minimum atomic E-state index is -0.276. The molecule has 7 nitrogen and oxygen atoms in total. The van der Waals surface area contributed by atoms with E-state index in [2.05, 4.69) is 15.3 Å². The van der Waals surface area contributed by atoms with Gasteiger partial charge in [0.15, 0.2) is 0 Å². The minimum absolute atomic E-state index is 0.0192. The number of benzene rings is 1. The highest BCUT2D eigenvalue weighted by Gasteiger charge is 2.24. The number of rotatable bonds is 4. The van der Waals surface area contributed by atoms with E-state index >= 15 is 0 Å². The molecule has 1 atom stereocenters. The molecule has 2 heterocycles. The van der Waals surface area contributed by atoms with Gasteiger partial charge in [0.05, 0.1) is 17.4 Å². The van der Waals surface area contributed by atoms with Crippen molar-refractivity contribution in [2.45, 2.75) is 6.42 Å². The first-order valence-corrected chi connectivity index (χ1v) is 7.89. The molecule has 1 amide bonds. The topological polar surface area (TPSA) is 87.5 Å². The normalized spacial score (nSPS) is 17.0. The van der Waals surface area contributed by atoms with Crippen molar-refractivity contribution in [2.75, 3.05) is 24.5 Å². The third-order valence-electron chi connectivity index (χ3n) is 4.30. The first-order chi connectivity index (χ1) is 11.5. The molecule has 3 rings (SSSR count). The number of phenolic OH excluding ortho intramolecular Hbond substituents is 1. The standard InChI is InChI=1S/C17H20N4O3/c1-20-16(23)8-13(10-19-20)21-7-6-12(11-21)9-18-17(24)14-4-2-3-5-15(14)22/h2-5,8,10,12,22H,6-7,9,11H2,1H3,(H,18,24)/t12-/m0/s1. The van der Waals surface area contributed by atoms with E-state index in [1.165, 1.54) is 10.7 Å². The van der Waals surface area contributed by atoms with Crippen LogP contribution in [0.3, 0.4) is 0 Å². The largest absolute Gasteiger partial charge is 0.507 e. The highest BCUT2D eigenvalue weighted by Crippen LogP contribution is 2.22. The number of hydrogen-bond donors (Lipinski definition) is 2. The lowest BCUT2D eigenvalue weighted by Gasteiger charge is -2.18. The van der Waals surface area contributed by atoms with Gasteiger partial charge in [-0.15, -0.1) is 0 Å². The van der Waals surface area contributed by atoms with E-state index in [4.69, 9.17) is 0 Å². The molecule has 2 N–H and O–H groups in total. The van der Waals surface area contributed by atoms with Gasteiger partial charge in [-0.25, -0.2) is 4.68 Å². The minimum Gasteiger partial charge on any atom is -0.507 e. The Hall–Kier alpha value is -2.83. The van der Waals surface area contributed by atoms with Crippen LogP contribution in [0, 0.1) is 5.92 Å². The number of nitrogens with zero attached hydrogens (tertiary/aromatic N) is 3. The molecule has 126 valence electrons. The molecule has 7 heteroatoms. The van der Waals surface area contributed by atoms with Crippen LogP contribution in [0.4, 0.5) is 5.69 Å². The number of carbonyl (C=O) groups excluding carboxylic acids is 1. The van der Waals surface area contributed by atoms with Crippen LogP contribution in [0.15, 0.2) is 41.3 Å². The Bertz CT molecular complexity index is 802. The molecule has 2 aromatic rings. The summed E-state index contributed by atoms with van der Waals surface area (Å²) in [6.45, 7) is 2.11. The van der Waals surface area contributed by atoms with Crippen molar-refractivity contribution in [3.63, 3.8) is 0 Å². The summed E-state index contributed by atoms with van der Waals surface area (Å²) in [5, 5.41) is 16.6. The van der Waals surface area contributed by atoms with Crippen molar-refractivity contribution in [3.05, 3.63) is 52.4 Å². The monoisotopic (exact) mass is 328 g/mol. The fraction of sp³-hybridized carbons (Fsp3) is 0.353. The predicted molar refractivity (Wildman–Crippen MR) is 90.2 cm³/mol. The Morgan fingerprint density at radius 1 is 1.42 bits per heavy atom. The Balaban J connectivity index is 1.56. The van der Waals surface area contributed by atoms with Crippen molar-refractivity contribution in [1.29, 1.82) is 0 Å². The van der Waals surface area contributed by atoms with Gasteiger partial charge in [-0.3, -0.25) is 9.59 Å².